The predicted octanol–water partition coefficient (Wildman–Crippen LogP) is 2.85. The van der Waals surface area contributed by atoms with E-state index >= 15 is 0 Å². The lowest BCUT2D eigenvalue weighted by molar-refractivity contribution is 0.0525. The zero-order chi connectivity index (χ0) is 14.4. The van der Waals surface area contributed by atoms with Crippen molar-refractivity contribution < 1.29 is 4.74 Å². The third-order valence-corrected chi connectivity index (χ3v) is 3.90. The molecule has 2 rings (SSSR count). The summed E-state index contributed by atoms with van der Waals surface area (Å²) in [7, 11) is 0. The van der Waals surface area contributed by atoms with Crippen LogP contribution in [0.5, 0.6) is 0 Å². The van der Waals surface area contributed by atoms with Gasteiger partial charge < -0.3 is 15.0 Å². The highest BCUT2D eigenvalue weighted by Gasteiger charge is 2.21. The van der Waals surface area contributed by atoms with Crippen LogP contribution in [-0.2, 0) is 11.3 Å². The van der Waals surface area contributed by atoms with Gasteiger partial charge in [-0.1, -0.05) is 18.5 Å². The molecule has 0 saturated carbocycles. The van der Waals surface area contributed by atoms with Gasteiger partial charge in [0.25, 0.3) is 0 Å². The Bertz CT molecular complexity index is 426. The molecule has 1 aliphatic rings. The van der Waals surface area contributed by atoms with E-state index in [1.165, 1.54) is 0 Å². The van der Waals surface area contributed by atoms with E-state index in [9.17, 15) is 0 Å². The Morgan fingerprint density at radius 1 is 1.45 bits per heavy atom. The maximum Gasteiger partial charge on any atom is 0.129 e. The Morgan fingerprint density at radius 2 is 2.30 bits per heavy atom. The average molecular weight is 298 g/mol. The Balaban J connectivity index is 2.07. The Hall–Kier alpha value is -0.840. The van der Waals surface area contributed by atoms with Gasteiger partial charge in [-0.15, -0.1) is 0 Å². The minimum absolute atomic E-state index is 0.323. The molecular weight excluding hydrogens is 274 g/mol. The van der Waals surface area contributed by atoms with Gasteiger partial charge in [-0.2, -0.15) is 0 Å². The van der Waals surface area contributed by atoms with Crippen molar-refractivity contribution in [3.8, 4) is 0 Å². The molecule has 0 spiro atoms. The zero-order valence-corrected chi connectivity index (χ0v) is 13.1. The largest absolute Gasteiger partial charge is 0.377 e. The van der Waals surface area contributed by atoms with Crippen molar-refractivity contribution in [3.63, 3.8) is 0 Å². The van der Waals surface area contributed by atoms with E-state index in [-0.39, 0.29) is 0 Å². The van der Waals surface area contributed by atoms with Gasteiger partial charge in [0.1, 0.15) is 5.82 Å². The van der Waals surface area contributed by atoms with Gasteiger partial charge in [0.2, 0.25) is 0 Å². The highest BCUT2D eigenvalue weighted by atomic mass is 35.5. The summed E-state index contributed by atoms with van der Waals surface area (Å²) in [6.45, 7) is 8.49. The lowest BCUT2D eigenvalue weighted by Gasteiger charge is -2.33. The molecule has 1 fully saturated rings. The molecule has 20 heavy (non-hydrogen) atoms. The van der Waals surface area contributed by atoms with Gasteiger partial charge in [-0.25, -0.2) is 4.98 Å². The van der Waals surface area contributed by atoms with Crippen LogP contribution in [0.25, 0.3) is 0 Å². The van der Waals surface area contributed by atoms with Crippen molar-refractivity contribution in [3.05, 3.63) is 22.8 Å². The molecule has 1 aromatic rings. The highest BCUT2D eigenvalue weighted by Crippen LogP contribution is 2.23. The molecular formula is C15H24ClN3O. The standard InChI is InChI=1S/C15H24ClN3O/c1-3-17-10-14-13(16)7-8-15(18-14)19-9-5-6-12(11-19)20-4-2/h7-8,12,17H,3-6,9-11H2,1-2H3. The summed E-state index contributed by atoms with van der Waals surface area (Å²) in [4.78, 5) is 7.01. The molecule has 2 heterocycles. The number of hydrogen-bond donors (Lipinski definition) is 1. The fourth-order valence-electron chi connectivity index (χ4n) is 2.53. The number of ether oxygens (including phenoxy) is 1. The minimum Gasteiger partial charge on any atom is -0.377 e. The molecule has 4 nitrogen and oxygen atoms in total. The summed E-state index contributed by atoms with van der Waals surface area (Å²) >= 11 is 6.20. The number of aromatic nitrogens is 1. The summed E-state index contributed by atoms with van der Waals surface area (Å²) in [6.07, 6.45) is 2.61. The average Bonchev–Trinajstić information content (AvgIpc) is 2.47. The SMILES string of the molecule is CCNCc1nc(N2CCCC(OCC)C2)ccc1Cl. The fraction of sp³-hybridized carbons (Fsp3) is 0.667. The molecule has 1 atom stereocenters. The molecule has 1 unspecified atom stereocenters. The first kappa shape index (κ1) is 15.5. The van der Waals surface area contributed by atoms with Crippen molar-refractivity contribution in [2.45, 2.75) is 39.3 Å². The summed E-state index contributed by atoms with van der Waals surface area (Å²) in [5.41, 5.74) is 0.921. The first-order valence-corrected chi connectivity index (χ1v) is 7.85. The van der Waals surface area contributed by atoms with Crippen LogP contribution < -0.4 is 10.2 Å². The van der Waals surface area contributed by atoms with Crippen LogP contribution in [0.4, 0.5) is 5.82 Å². The lowest BCUT2D eigenvalue weighted by Crippen LogP contribution is -2.40. The smallest absolute Gasteiger partial charge is 0.129 e. The van der Waals surface area contributed by atoms with Crippen LogP contribution in [0.1, 0.15) is 32.4 Å². The number of halogens is 1. The Morgan fingerprint density at radius 3 is 3.05 bits per heavy atom. The third kappa shape index (κ3) is 4.08. The second kappa shape index (κ2) is 7.81. The molecule has 1 aliphatic heterocycles. The lowest BCUT2D eigenvalue weighted by atomic mass is 10.1. The number of piperidine rings is 1. The molecule has 5 heteroatoms. The van der Waals surface area contributed by atoms with E-state index in [0.717, 1.165) is 55.6 Å². The van der Waals surface area contributed by atoms with E-state index < -0.39 is 0 Å². The molecule has 0 aromatic carbocycles. The molecule has 1 saturated heterocycles. The second-order valence-electron chi connectivity index (χ2n) is 5.04. The van der Waals surface area contributed by atoms with E-state index in [0.29, 0.717) is 12.6 Å². The van der Waals surface area contributed by atoms with E-state index in [1.807, 2.05) is 19.1 Å². The topological polar surface area (TPSA) is 37.4 Å². The van der Waals surface area contributed by atoms with Crippen molar-refractivity contribution in [2.24, 2.45) is 0 Å². The first-order chi connectivity index (χ1) is 9.74. The predicted molar refractivity (Wildman–Crippen MR) is 83.5 cm³/mol. The molecule has 112 valence electrons. The van der Waals surface area contributed by atoms with Crippen LogP contribution in [0.3, 0.4) is 0 Å². The number of hydrogen-bond acceptors (Lipinski definition) is 4. The van der Waals surface area contributed by atoms with Crippen molar-refractivity contribution >= 4 is 17.4 Å². The second-order valence-corrected chi connectivity index (χ2v) is 5.45. The van der Waals surface area contributed by atoms with Crippen LogP contribution >= 0.6 is 11.6 Å². The number of rotatable bonds is 6. The number of anilines is 1. The summed E-state index contributed by atoms with van der Waals surface area (Å²) in [6, 6.07) is 3.95. The summed E-state index contributed by atoms with van der Waals surface area (Å²) in [5, 5.41) is 4.00. The Kier molecular flexibility index (Phi) is 6.07. The zero-order valence-electron chi connectivity index (χ0n) is 12.4. The van der Waals surface area contributed by atoms with Crippen LogP contribution in [0, 0.1) is 0 Å². The van der Waals surface area contributed by atoms with E-state index in [4.69, 9.17) is 21.3 Å². The molecule has 0 aliphatic carbocycles. The fourth-order valence-corrected chi connectivity index (χ4v) is 2.71. The van der Waals surface area contributed by atoms with Gasteiger partial charge in [0, 0.05) is 26.2 Å². The normalized spacial score (nSPS) is 19.4. The summed E-state index contributed by atoms with van der Waals surface area (Å²) < 4.78 is 5.75. The van der Waals surface area contributed by atoms with Crippen LogP contribution in [-0.4, -0.2) is 37.3 Å². The third-order valence-electron chi connectivity index (χ3n) is 3.55. The molecule has 0 radical (unpaired) electrons. The van der Waals surface area contributed by atoms with Gasteiger partial charge >= 0.3 is 0 Å². The maximum absolute atomic E-state index is 6.20. The number of nitrogens with one attached hydrogen (secondary N) is 1. The quantitative estimate of drug-likeness (QED) is 0.876. The van der Waals surface area contributed by atoms with Crippen molar-refractivity contribution in [2.75, 3.05) is 31.1 Å². The van der Waals surface area contributed by atoms with Crippen LogP contribution in [0.15, 0.2) is 12.1 Å². The van der Waals surface area contributed by atoms with Crippen LogP contribution in [0.2, 0.25) is 5.02 Å². The van der Waals surface area contributed by atoms with Gasteiger partial charge in [-0.05, 0) is 38.4 Å². The monoisotopic (exact) mass is 297 g/mol. The highest BCUT2D eigenvalue weighted by molar-refractivity contribution is 6.31. The van der Waals surface area contributed by atoms with Crippen molar-refractivity contribution in [1.29, 1.82) is 0 Å². The van der Waals surface area contributed by atoms with E-state index in [2.05, 4.69) is 17.1 Å². The van der Waals surface area contributed by atoms with Gasteiger partial charge in [0.15, 0.2) is 0 Å². The number of pyridine rings is 1. The van der Waals surface area contributed by atoms with Crippen molar-refractivity contribution in [1.82, 2.24) is 10.3 Å². The maximum atomic E-state index is 6.20. The molecule has 1 aromatic heterocycles. The number of nitrogens with zero attached hydrogens (tertiary/aromatic N) is 2. The minimum atomic E-state index is 0.323. The Labute approximate surface area is 126 Å². The van der Waals surface area contributed by atoms with Gasteiger partial charge in [0.05, 0.1) is 16.8 Å². The molecule has 1 N–H and O–H groups in total. The first-order valence-electron chi connectivity index (χ1n) is 7.47. The molecule has 0 amide bonds. The summed E-state index contributed by atoms with van der Waals surface area (Å²) in [5.74, 6) is 1.01. The van der Waals surface area contributed by atoms with Gasteiger partial charge in [-0.3, -0.25) is 0 Å². The molecule has 0 bridgehead atoms. The van der Waals surface area contributed by atoms with E-state index in [1.54, 1.807) is 0 Å².